The monoisotopic (exact) mass is 514 g/mol. The molecule has 0 aromatic heterocycles. The van der Waals surface area contributed by atoms with Gasteiger partial charge in [-0.2, -0.15) is 13.2 Å². The molecule has 2 saturated heterocycles. The molecule has 4 nitrogen and oxygen atoms in total. The Morgan fingerprint density at radius 3 is 2.32 bits per heavy atom. The number of benzene rings is 2. The second-order valence-electron chi connectivity index (χ2n) is 9.08. The predicted molar refractivity (Wildman–Crippen MR) is 126 cm³/mol. The lowest BCUT2D eigenvalue weighted by Crippen LogP contribution is -2.59. The van der Waals surface area contributed by atoms with Gasteiger partial charge in [0.25, 0.3) is 11.5 Å². The summed E-state index contributed by atoms with van der Waals surface area (Å²) in [6.45, 7) is 2.12. The zero-order chi connectivity index (χ0) is 24.6. The molecule has 2 aromatic rings. The molecule has 2 aliphatic heterocycles. The van der Waals surface area contributed by atoms with E-state index in [4.69, 9.17) is 27.9 Å². The van der Waals surface area contributed by atoms with Crippen LogP contribution in [0.15, 0.2) is 48.5 Å². The van der Waals surface area contributed by atoms with E-state index in [0.717, 1.165) is 38.8 Å². The van der Waals surface area contributed by atoms with Crippen molar-refractivity contribution in [3.63, 3.8) is 0 Å². The number of carbonyl (C=O) groups is 1. The summed E-state index contributed by atoms with van der Waals surface area (Å²) in [7, 11) is 0.900. The first kappa shape index (κ1) is 25.3. The number of piperidine rings is 2. The van der Waals surface area contributed by atoms with Crippen molar-refractivity contribution in [2.24, 2.45) is 5.41 Å². The maximum atomic E-state index is 14.5. The van der Waals surface area contributed by atoms with Crippen molar-refractivity contribution in [3.05, 3.63) is 69.7 Å². The van der Waals surface area contributed by atoms with E-state index < -0.39 is 17.7 Å². The molecule has 2 atom stereocenters. The number of alkyl halides is 3. The van der Waals surface area contributed by atoms with Crippen LogP contribution in [-0.2, 0) is 15.1 Å². The van der Waals surface area contributed by atoms with Gasteiger partial charge in [0.1, 0.15) is 0 Å². The molecule has 1 spiro atoms. The van der Waals surface area contributed by atoms with Crippen LogP contribution in [0.3, 0.4) is 0 Å². The van der Waals surface area contributed by atoms with E-state index in [1.165, 1.54) is 16.5 Å². The zero-order valence-corrected chi connectivity index (χ0v) is 20.3. The molecule has 0 radical (unpaired) electrons. The number of halogens is 5. The Labute approximate surface area is 207 Å². The maximum Gasteiger partial charge on any atom is 0.430 e. The third-order valence-corrected chi connectivity index (χ3v) is 8.21. The second kappa shape index (κ2) is 9.69. The van der Waals surface area contributed by atoms with Crippen LogP contribution in [0.2, 0.25) is 10.0 Å². The maximum absolute atomic E-state index is 14.5. The summed E-state index contributed by atoms with van der Waals surface area (Å²) in [5, 5.41) is 3.48. The van der Waals surface area contributed by atoms with Gasteiger partial charge in [-0.25, -0.2) is 0 Å². The van der Waals surface area contributed by atoms with Gasteiger partial charge in [0, 0.05) is 38.2 Å². The molecule has 34 heavy (non-hydrogen) atoms. The average Bonchev–Trinajstić information content (AvgIpc) is 2.82. The van der Waals surface area contributed by atoms with Gasteiger partial charge in [0.15, 0.2) is 0 Å². The van der Waals surface area contributed by atoms with Crippen LogP contribution in [0.5, 0.6) is 0 Å². The van der Waals surface area contributed by atoms with Crippen molar-refractivity contribution in [1.82, 2.24) is 10.2 Å². The summed E-state index contributed by atoms with van der Waals surface area (Å²) in [4.78, 5) is 14.8. The summed E-state index contributed by atoms with van der Waals surface area (Å²) >= 11 is 11.9. The first-order valence-electron chi connectivity index (χ1n) is 11.3. The molecule has 1 N–H and O–H groups in total. The highest BCUT2D eigenvalue weighted by atomic mass is 35.5. The Hall–Kier alpha value is -1.80. The van der Waals surface area contributed by atoms with E-state index in [9.17, 15) is 18.0 Å². The lowest BCUT2D eigenvalue weighted by atomic mass is 9.62. The number of carbonyl (C=O) groups excluding carboxylic acids is 1. The predicted octanol–water partition coefficient (Wildman–Crippen LogP) is 5.78. The van der Waals surface area contributed by atoms with Crippen molar-refractivity contribution in [2.45, 2.75) is 37.0 Å². The minimum Gasteiger partial charge on any atom is -0.356 e. The van der Waals surface area contributed by atoms with Gasteiger partial charge < -0.3 is 15.0 Å². The normalized spacial score (nSPS) is 22.4. The van der Waals surface area contributed by atoms with Crippen LogP contribution in [0.25, 0.3) is 0 Å². The number of methoxy groups -OCH3 is 1. The molecule has 2 aromatic carbocycles. The Morgan fingerprint density at radius 1 is 1.06 bits per heavy atom. The van der Waals surface area contributed by atoms with Gasteiger partial charge in [0.2, 0.25) is 0 Å². The standard InChI is InChI=1S/C25H27Cl2F3N2O2/c1-34-24(25(28,29)30,18-7-8-20(26)21(27)15-18)22(33)32-13-10-23(11-14-32)9-12-31-16-19(23)17-5-3-2-4-6-17/h2-8,15,19,31H,9-14,16H2,1H3/t19-,24?/m0/s1. The molecular formula is C25H27Cl2F3N2O2. The molecule has 184 valence electrons. The van der Waals surface area contributed by atoms with Gasteiger partial charge >= 0.3 is 6.18 Å². The first-order chi connectivity index (χ1) is 16.1. The van der Waals surface area contributed by atoms with Crippen LogP contribution >= 0.6 is 23.2 Å². The van der Waals surface area contributed by atoms with Crippen molar-refractivity contribution in [1.29, 1.82) is 0 Å². The number of rotatable bonds is 4. The summed E-state index contributed by atoms with van der Waals surface area (Å²) in [6, 6.07) is 13.6. The van der Waals surface area contributed by atoms with Gasteiger partial charge in [-0.1, -0.05) is 59.6 Å². The number of hydrogen-bond donors (Lipinski definition) is 1. The quantitative estimate of drug-likeness (QED) is 0.561. The first-order valence-corrected chi connectivity index (χ1v) is 12.0. The van der Waals surface area contributed by atoms with Crippen LogP contribution in [-0.4, -0.2) is 50.3 Å². The fraction of sp³-hybridized carbons (Fsp3) is 0.480. The summed E-state index contributed by atoms with van der Waals surface area (Å²) in [6.07, 6.45) is -2.83. The number of hydrogen-bond acceptors (Lipinski definition) is 3. The largest absolute Gasteiger partial charge is 0.430 e. The highest BCUT2D eigenvalue weighted by molar-refractivity contribution is 6.42. The average molecular weight is 515 g/mol. The van der Waals surface area contributed by atoms with E-state index in [-0.39, 0.29) is 40.0 Å². The van der Waals surface area contributed by atoms with Crippen molar-refractivity contribution < 1.29 is 22.7 Å². The fourth-order valence-electron chi connectivity index (χ4n) is 5.55. The minimum absolute atomic E-state index is 0.0685. The molecule has 4 rings (SSSR count). The van der Waals surface area contributed by atoms with Gasteiger partial charge in [-0.15, -0.1) is 0 Å². The van der Waals surface area contributed by atoms with Gasteiger partial charge in [-0.05, 0) is 48.9 Å². The van der Waals surface area contributed by atoms with E-state index >= 15 is 0 Å². The molecule has 2 aliphatic rings. The Kier molecular flexibility index (Phi) is 7.21. The highest BCUT2D eigenvalue weighted by Gasteiger charge is 2.64. The molecular weight excluding hydrogens is 488 g/mol. The van der Waals surface area contributed by atoms with Crippen LogP contribution in [0, 0.1) is 5.41 Å². The van der Waals surface area contributed by atoms with E-state index in [1.54, 1.807) is 0 Å². The van der Waals surface area contributed by atoms with Crippen molar-refractivity contribution in [3.8, 4) is 0 Å². The third-order valence-electron chi connectivity index (χ3n) is 7.47. The van der Waals surface area contributed by atoms with Crippen molar-refractivity contribution >= 4 is 29.1 Å². The minimum atomic E-state index is -4.99. The molecule has 0 bridgehead atoms. The SMILES string of the molecule is COC(C(=O)N1CCC2(CCNC[C@H]2c2ccccc2)CC1)(c1ccc(Cl)c(Cl)c1)C(F)(F)F. The molecule has 9 heteroatoms. The molecule has 1 unspecified atom stereocenters. The fourth-order valence-corrected chi connectivity index (χ4v) is 5.85. The number of ether oxygens (including phenoxy) is 1. The summed E-state index contributed by atoms with van der Waals surface area (Å²) in [5.74, 6) is -0.884. The van der Waals surface area contributed by atoms with Gasteiger partial charge in [-0.3, -0.25) is 4.79 Å². The topological polar surface area (TPSA) is 41.6 Å². The molecule has 0 aliphatic carbocycles. The van der Waals surface area contributed by atoms with Crippen LogP contribution in [0.1, 0.15) is 36.3 Å². The smallest absolute Gasteiger partial charge is 0.356 e. The molecule has 1 amide bonds. The summed E-state index contributed by atoms with van der Waals surface area (Å²) in [5.41, 5.74) is -2.39. The molecule has 0 saturated carbocycles. The lowest BCUT2D eigenvalue weighted by molar-refractivity contribution is -0.271. The van der Waals surface area contributed by atoms with E-state index in [1.807, 2.05) is 18.2 Å². The number of likely N-dealkylation sites (tertiary alicyclic amines) is 1. The zero-order valence-electron chi connectivity index (χ0n) is 18.8. The number of nitrogens with one attached hydrogen (secondary N) is 1. The van der Waals surface area contributed by atoms with Crippen LogP contribution in [0.4, 0.5) is 13.2 Å². The van der Waals surface area contributed by atoms with Gasteiger partial charge in [0.05, 0.1) is 10.0 Å². The van der Waals surface area contributed by atoms with Crippen LogP contribution < -0.4 is 5.32 Å². The number of nitrogens with zero attached hydrogens (tertiary/aromatic N) is 1. The summed E-state index contributed by atoms with van der Waals surface area (Å²) < 4.78 is 48.4. The lowest BCUT2D eigenvalue weighted by Gasteiger charge is -2.50. The Bertz CT molecular complexity index is 1030. The third kappa shape index (κ3) is 4.32. The number of amides is 1. The molecule has 2 fully saturated rings. The van der Waals surface area contributed by atoms with Crippen molar-refractivity contribution in [2.75, 3.05) is 33.3 Å². The second-order valence-corrected chi connectivity index (χ2v) is 9.90. The Morgan fingerprint density at radius 2 is 1.74 bits per heavy atom. The van der Waals surface area contributed by atoms with E-state index in [2.05, 4.69) is 17.4 Å². The molecule has 2 heterocycles. The van der Waals surface area contributed by atoms with E-state index in [0.29, 0.717) is 12.8 Å². The highest BCUT2D eigenvalue weighted by Crippen LogP contribution is 2.50. The Balaban J connectivity index is 1.62.